The van der Waals surface area contributed by atoms with Crippen LogP contribution in [0.15, 0.2) is 36.0 Å². The summed E-state index contributed by atoms with van der Waals surface area (Å²) in [6.07, 6.45) is 2.25. The number of carbonyl (C=O) groups excluding carboxylic acids is 2. The molecule has 2 unspecified atom stereocenters. The molecule has 32 heavy (non-hydrogen) atoms. The lowest BCUT2D eigenvalue weighted by Gasteiger charge is -2.63. The van der Waals surface area contributed by atoms with Gasteiger partial charge in [-0.15, -0.1) is 12.6 Å². The summed E-state index contributed by atoms with van der Waals surface area (Å²) in [6, 6.07) is 0. The van der Waals surface area contributed by atoms with E-state index >= 15 is 8.78 Å². The van der Waals surface area contributed by atoms with Crippen molar-refractivity contribution < 1.29 is 28.2 Å². The molecule has 0 radical (unpaired) electrons. The molecule has 0 bridgehead atoms. The van der Waals surface area contributed by atoms with E-state index in [1.807, 2.05) is 0 Å². The number of aliphatic hydroxyl groups excluding tert-OH is 1. The Morgan fingerprint density at radius 1 is 1.31 bits per heavy atom. The highest BCUT2D eigenvalue weighted by Crippen LogP contribution is 2.71. The van der Waals surface area contributed by atoms with Crippen LogP contribution in [0, 0.1) is 28.6 Å². The summed E-state index contributed by atoms with van der Waals surface area (Å²) in [6.45, 7) is 10.7. The third-order valence-corrected chi connectivity index (χ3v) is 9.47. The van der Waals surface area contributed by atoms with Crippen LogP contribution in [0.2, 0.25) is 0 Å². The fraction of sp³-hybridized carbons (Fsp3) is 0.680. The SMILES string of the molecule is C=C1C=C[C@@]2(C)C(=C1)[C@@H](F)CC1C3C[C@@H](C)[C@](OC(=O)CC)(C(=O)S)[C@@]3(C)C[C@H](O)[C@@]12F. The van der Waals surface area contributed by atoms with Gasteiger partial charge < -0.3 is 9.84 Å². The maximum absolute atomic E-state index is 17.2. The predicted molar refractivity (Wildman–Crippen MR) is 120 cm³/mol. The molecule has 3 saturated carbocycles. The minimum atomic E-state index is -2.13. The van der Waals surface area contributed by atoms with Gasteiger partial charge in [0.2, 0.25) is 5.12 Å². The minimum absolute atomic E-state index is 0.0722. The molecule has 0 aliphatic heterocycles. The average molecular weight is 467 g/mol. The maximum atomic E-state index is 17.2. The second kappa shape index (κ2) is 7.26. The van der Waals surface area contributed by atoms with Gasteiger partial charge in [-0.25, -0.2) is 8.78 Å². The van der Waals surface area contributed by atoms with Crippen molar-refractivity contribution in [1.29, 1.82) is 0 Å². The van der Waals surface area contributed by atoms with E-state index in [9.17, 15) is 14.7 Å². The van der Waals surface area contributed by atoms with Crippen LogP contribution < -0.4 is 0 Å². The number of fused-ring (bicyclic) bond motifs is 5. The molecule has 4 aliphatic carbocycles. The molecule has 0 heterocycles. The number of hydrogen-bond donors (Lipinski definition) is 2. The van der Waals surface area contributed by atoms with Gasteiger partial charge in [0.1, 0.15) is 6.17 Å². The number of alkyl halides is 2. The van der Waals surface area contributed by atoms with Crippen molar-refractivity contribution in [1.82, 2.24) is 0 Å². The topological polar surface area (TPSA) is 63.6 Å². The lowest BCUT2D eigenvalue weighted by Crippen LogP contribution is -2.70. The molecule has 4 rings (SSSR count). The van der Waals surface area contributed by atoms with Crippen LogP contribution in [-0.4, -0.2) is 39.7 Å². The third-order valence-electron chi connectivity index (χ3n) is 9.14. The molecule has 0 saturated heterocycles. The van der Waals surface area contributed by atoms with Crippen molar-refractivity contribution in [2.24, 2.45) is 28.6 Å². The highest BCUT2D eigenvalue weighted by molar-refractivity contribution is 7.96. The van der Waals surface area contributed by atoms with Gasteiger partial charge in [0.15, 0.2) is 11.3 Å². The van der Waals surface area contributed by atoms with Gasteiger partial charge in [-0.3, -0.25) is 9.59 Å². The molecule has 1 N–H and O–H groups in total. The Kier molecular flexibility index (Phi) is 5.37. The van der Waals surface area contributed by atoms with Crippen LogP contribution in [0.25, 0.3) is 0 Å². The van der Waals surface area contributed by atoms with Gasteiger partial charge in [0.25, 0.3) is 0 Å². The molecule has 0 aromatic carbocycles. The molecule has 0 aromatic rings. The Labute approximate surface area is 193 Å². The van der Waals surface area contributed by atoms with Crippen molar-refractivity contribution >= 4 is 23.7 Å². The quantitative estimate of drug-likeness (QED) is 0.468. The molecule has 0 aromatic heterocycles. The molecule has 9 atom stereocenters. The first-order chi connectivity index (χ1) is 14.8. The largest absolute Gasteiger partial charge is 0.449 e. The zero-order valence-corrected chi connectivity index (χ0v) is 19.9. The average Bonchev–Trinajstić information content (AvgIpc) is 2.93. The molecule has 7 heteroatoms. The summed E-state index contributed by atoms with van der Waals surface area (Å²) >= 11 is 4.11. The van der Waals surface area contributed by atoms with Gasteiger partial charge >= 0.3 is 5.97 Å². The lowest BCUT2D eigenvalue weighted by atomic mass is 9.44. The number of thiol groups is 1. The Morgan fingerprint density at radius 3 is 2.56 bits per heavy atom. The van der Waals surface area contributed by atoms with E-state index < -0.39 is 63.2 Å². The standard InChI is InChI=1S/C25H32F2O4S/c1-6-20(29)31-25(21(30)32)14(3)10-15-16-11-18(26)17-9-13(2)7-8-22(17,4)24(16,27)19(28)12-23(15,25)5/h7-9,14-16,18-19,28H,2,6,10-12H2,1,3-5H3,(H,30,32)/t14-,15?,16?,18+,19+,22+,23+,24+,25+/m1/s1. The molecular formula is C25H32F2O4S. The second-order valence-electron chi connectivity index (χ2n) is 10.5. The number of carbonyl (C=O) groups is 2. The fourth-order valence-corrected chi connectivity index (χ4v) is 8.09. The van der Waals surface area contributed by atoms with E-state index in [4.69, 9.17) is 4.74 Å². The van der Waals surface area contributed by atoms with Crippen LogP contribution in [-0.2, 0) is 14.3 Å². The van der Waals surface area contributed by atoms with Crippen LogP contribution in [0.5, 0.6) is 0 Å². The summed E-state index contributed by atoms with van der Waals surface area (Å²) in [4.78, 5) is 25.3. The van der Waals surface area contributed by atoms with Gasteiger partial charge in [0.05, 0.1) is 6.10 Å². The van der Waals surface area contributed by atoms with Crippen molar-refractivity contribution in [3.63, 3.8) is 0 Å². The van der Waals surface area contributed by atoms with Gasteiger partial charge in [-0.1, -0.05) is 45.6 Å². The summed E-state index contributed by atoms with van der Waals surface area (Å²) in [5.41, 5.74) is -5.25. The van der Waals surface area contributed by atoms with E-state index in [0.717, 1.165) is 0 Å². The Balaban J connectivity index is 1.87. The number of hydrogen-bond acceptors (Lipinski definition) is 4. The first kappa shape index (κ1) is 23.7. The first-order valence-corrected chi connectivity index (χ1v) is 11.8. The van der Waals surface area contributed by atoms with Gasteiger partial charge in [0, 0.05) is 29.1 Å². The number of rotatable bonds is 3. The molecule has 4 aliphatic rings. The normalized spacial score (nSPS) is 49.6. The van der Waals surface area contributed by atoms with Gasteiger partial charge in [-0.2, -0.15) is 0 Å². The zero-order valence-electron chi connectivity index (χ0n) is 19.0. The fourth-order valence-electron chi connectivity index (χ4n) is 7.56. The van der Waals surface area contributed by atoms with E-state index in [0.29, 0.717) is 17.6 Å². The van der Waals surface area contributed by atoms with Gasteiger partial charge in [-0.05, 0) is 43.3 Å². The smallest absolute Gasteiger partial charge is 0.306 e. The second-order valence-corrected chi connectivity index (χ2v) is 10.9. The summed E-state index contributed by atoms with van der Waals surface area (Å²) in [7, 11) is 0. The molecule has 3 fully saturated rings. The highest BCUT2D eigenvalue weighted by atomic mass is 32.1. The van der Waals surface area contributed by atoms with E-state index in [1.165, 1.54) is 0 Å². The molecule has 4 nitrogen and oxygen atoms in total. The van der Waals surface area contributed by atoms with Crippen LogP contribution in [0.4, 0.5) is 8.78 Å². The van der Waals surface area contributed by atoms with Crippen molar-refractivity contribution in [2.45, 2.75) is 76.9 Å². The van der Waals surface area contributed by atoms with Crippen molar-refractivity contribution in [2.75, 3.05) is 0 Å². The minimum Gasteiger partial charge on any atom is -0.449 e. The predicted octanol–water partition coefficient (Wildman–Crippen LogP) is 4.69. The highest BCUT2D eigenvalue weighted by Gasteiger charge is 2.77. The first-order valence-electron chi connectivity index (χ1n) is 11.4. The monoisotopic (exact) mass is 466 g/mol. The summed E-state index contributed by atoms with van der Waals surface area (Å²) < 4.78 is 38.5. The summed E-state index contributed by atoms with van der Waals surface area (Å²) in [5.74, 6) is -2.33. The number of esters is 1. The Bertz CT molecular complexity index is 946. The van der Waals surface area contributed by atoms with E-state index in [1.54, 1.807) is 45.9 Å². The molecule has 176 valence electrons. The van der Waals surface area contributed by atoms with E-state index in [-0.39, 0.29) is 19.3 Å². The van der Waals surface area contributed by atoms with Crippen LogP contribution in [0.3, 0.4) is 0 Å². The Morgan fingerprint density at radius 2 is 1.97 bits per heavy atom. The van der Waals surface area contributed by atoms with Crippen molar-refractivity contribution in [3.05, 3.63) is 36.0 Å². The van der Waals surface area contributed by atoms with E-state index in [2.05, 4.69) is 19.2 Å². The number of halogens is 2. The number of ether oxygens (including phenoxy) is 1. The number of aliphatic hydroxyl groups is 1. The molecular weight excluding hydrogens is 434 g/mol. The van der Waals surface area contributed by atoms with Crippen LogP contribution in [0.1, 0.15) is 53.4 Å². The Hall–Kier alpha value is -1.47. The molecule has 0 spiro atoms. The maximum Gasteiger partial charge on any atom is 0.306 e. The zero-order chi connectivity index (χ0) is 23.9. The number of allylic oxidation sites excluding steroid dienone is 5. The van der Waals surface area contributed by atoms with Crippen LogP contribution >= 0.6 is 12.6 Å². The molecule has 0 amide bonds. The van der Waals surface area contributed by atoms with Crippen molar-refractivity contribution in [3.8, 4) is 0 Å². The lowest BCUT2D eigenvalue weighted by molar-refractivity contribution is -0.228. The third kappa shape index (κ3) is 2.64. The summed E-state index contributed by atoms with van der Waals surface area (Å²) in [5, 5.41) is 10.8.